The molecule has 0 spiro atoms. The van der Waals surface area contributed by atoms with Gasteiger partial charge in [0.1, 0.15) is 11.9 Å². The SMILES string of the molecule is COc1cc(C2(NCCC(=O)N3CC4CCC(C3)N4c3ccc(C#N)cn3)CC2)ccn1. The molecule has 3 fully saturated rings. The number of pyridine rings is 2. The lowest BCUT2D eigenvalue weighted by Gasteiger charge is -2.42. The van der Waals surface area contributed by atoms with Crippen molar-refractivity contribution in [3.63, 3.8) is 0 Å². The van der Waals surface area contributed by atoms with Gasteiger partial charge in [-0.05, 0) is 49.4 Å². The normalized spacial score (nSPS) is 23.0. The third kappa shape index (κ3) is 3.89. The third-order valence-corrected chi connectivity index (χ3v) is 7.03. The number of hydrogen-bond donors (Lipinski definition) is 1. The number of ether oxygens (including phenoxy) is 1. The first-order valence-corrected chi connectivity index (χ1v) is 11.3. The summed E-state index contributed by atoms with van der Waals surface area (Å²) in [5.41, 5.74) is 1.70. The van der Waals surface area contributed by atoms with E-state index in [0.29, 0.717) is 36.5 Å². The summed E-state index contributed by atoms with van der Waals surface area (Å²) in [7, 11) is 1.63. The summed E-state index contributed by atoms with van der Waals surface area (Å²) < 4.78 is 5.26. The zero-order valence-corrected chi connectivity index (χ0v) is 18.3. The van der Waals surface area contributed by atoms with Gasteiger partial charge in [-0.3, -0.25) is 4.79 Å². The quantitative estimate of drug-likeness (QED) is 0.717. The Balaban J connectivity index is 1.16. The van der Waals surface area contributed by atoms with Crippen LogP contribution >= 0.6 is 0 Å². The van der Waals surface area contributed by atoms with Crippen LogP contribution in [0.5, 0.6) is 5.88 Å². The first-order valence-electron chi connectivity index (χ1n) is 11.3. The van der Waals surface area contributed by atoms with Gasteiger partial charge in [0.25, 0.3) is 0 Å². The number of aromatic nitrogens is 2. The van der Waals surface area contributed by atoms with Crippen LogP contribution in [0.4, 0.5) is 5.82 Å². The molecule has 2 unspecified atom stereocenters. The number of likely N-dealkylation sites (tertiary alicyclic amines) is 1. The second kappa shape index (κ2) is 8.40. The number of nitrogens with one attached hydrogen (secondary N) is 1. The van der Waals surface area contributed by atoms with Gasteiger partial charge in [-0.15, -0.1) is 0 Å². The molecule has 1 amide bonds. The summed E-state index contributed by atoms with van der Waals surface area (Å²) in [6.07, 6.45) is 8.17. The van der Waals surface area contributed by atoms with E-state index in [1.54, 1.807) is 19.5 Å². The summed E-state index contributed by atoms with van der Waals surface area (Å²) in [6, 6.07) is 10.5. The van der Waals surface area contributed by atoms with Crippen molar-refractivity contribution < 1.29 is 9.53 Å². The zero-order valence-electron chi connectivity index (χ0n) is 18.3. The van der Waals surface area contributed by atoms with Gasteiger partial charge in [0.2, 0.25) is 11.8 Å². The molecule has 2 aromatic rings. The lowest BCUT2D eigenvalue weighted by atomic mass is 10.1. The average Bonchev–Trinajstić information content (AvgIpc) is 3.58. The van der Waals surface area contributed by atoms with Crippen LogP contribution in [-0.2, 0) is 10.3 Å². The Kier molecular flexibility index (Phi) is 5.43. The highest BCUT2D eigenvalue weighted by atomic mass is 16.5. The fraction of sp³-hybridized carbons (Fsp3) is 0.500. The maximum Gasteiger partial charge on any atom is 0.223 e. The van der Waals surface area contributed by atoms with Gasteiger partial charge in [0.05, 0.1) is 12.7 Å². The van der Waals surface area contributed by atoms with Crippen molar-refractivity contribution >= 4 is 11.7 Å². The minimum Gasteiger partial charge on any atom is -0.481 e. The Morgan fingerprint density at radius 3 is 2.66 bits per heavy atom. The number of carbonyl (C=O) groups excluding carboxylic acids is 1. The molecular formula is C24H28N6O2. The van der Waals surface area contributed by atoms with Crippen molar-refractivity contribution in [2.45, 2.75) is 49.7 Å². The van der Waals surface area contributed by atoms with Crippen LogP contribution < -0.4 is 15.0 Å². The molecule has 4 heterocycles. The lowest BCUT2D eigenvalue weighted by molar-refractivity contribution is -0.132. The second-order valence-corrected chi connectivity index (χ2v) is 8.95. The van der Waals surface area contributed by atoms with Crippen LogP contribution in [0.1, 0.15) is 43.2 Å². The molecule has 0 aromatic carbocycles. The van der Waals surface area contributed by atoms with E-state index in [9.17, 15) is 4.79 Å². The first kappa shape index (κ1) is 20.7. The first-order chi connectivity index (χ1) is 15.6. The highest BCUT2D eigenvalue weighted by molar-refractivity contribution is 5.77. The van der Waals surface area contributed by atoms with Gasteiger partial charge in [-0.2, -0.15) is 5.26 Å². The predicted molar refractivity (Wildman–Crippen MR) is 119 cm³/mol. The van der Waals surface area contributed by atoms with Crippen LogP contribution in [0.25, 0.3) is 0 Å². The molecule has 8 nitrogen and oxygen atoms in total. The standard InChI is InChI=1S/C24H28N6O2/c1-32-22-12-18(6-10-26-22)24(8-9-24)28-11-7-23(31)29-15-19-3-4-20(16-29)30(19)21-5-2-17(13-25)14-27-21/h2,5-6,10,12,14,19-20,28H,3-4,7-9,11,15-16H2,1H3. The number of nitrogens with zero attached hydrogens (tertiary/aromatic N) is 5. The molecular weight excluding hydrogens is 404 g/mol. The Hall–Kier alpha value is -3.18. The van der Waals surface area contributed by atoms with E-state index in [0.717, 1.165) is 44.6 Å². The molecule has 1 N–H and O–H groups in total. The predicted octanol–water partition coefficient (Wildman–Crippen LogP) is 2.21. The second-order valence-electron chi connectivity index (χ2n) is 8.95. The molecule has 8 heteroatoms. The van der Waals surface area contributed by atoms with Gasteiger partial charge in [0, 0.05) is 62.1 Å². The molecule has 1 aliphatic carbocycles. The van der Waals surface area contributed by atoms with Crippen molar-refractivity contribution in [3.05, 3.63) is 47.8 Å². The fourth-order valence-corrected chi connectivity index (χ4v) is 5.16. The highest BCUT2D eigenvalue weighted by Gasteiger charge is 2.45. The van der Waals surface area contributed by atoms with Crippen molar-refractivity contribution in [1.82, 2.24) is 20.2 Å². The molecule has 32 heavy (non-hydrogen) atoms. The summed E-state index contributed by atoms with van der Waals surface area (Å²) in [5, 5.41) is 12.6. The van der Waals surface area contributed by atoms with E-state index >= 15 is 0 Å². The van der Waals surface area contributed by atoms with Gasteiger partial charge >= 0.3 is 0 Å². The minimum atomic E-state index is -0.0461. The van der Waals surface area contributed by atoms with Crippen molar-refractivity contribution in [3.8, 4) is 11.9 Å². The molecule has 0 radical (unpaired) electrons. The van der Waals surface area contributed by atoms with E-state index in [1.807, 2.05) is 29.2 Å². The molecule has 2 aromatic heterocycles. The number of piperazine rings is 1. The van der Waals surface area contributed by atoms with Gasteiger partial charge < -0.3 is 19.9 Å². The Morgan fingerprint density at radius 1 is 1.25 bits per heavy atom. The molecule has 2 bridgehead atoms. The molecule has 1 saturated carbocycles. The van der Waals surface area contributed by atoms with Crippen molar-refractivity contribution in [2.75, 3.05) is 31.6 Å². The molecule has 3 aliphatic rings. The number of nitriles is 1. The lowest BCUT2D eigenvalue weighted by Crippen LogP contribution is -2.56. The molecule has 2 atom stereocenters. The summed E-state index contributed by atoms with van der Waals surface area (Å²) in [6.45, 7) is 2.14. The Bertz CT molecular complexity index is 1020. The number of amides is 1. The summed E-state index contributed by atoms with van der Waals surface area (Å²) >= 11 is 0. The zero-order chi connectivity index (χ0) is 22.1. The number of rotatable bonds is 7. The fourth-order valence-electron chi connectivity index (χ4n) is 5.16. The molecule has 166 valence electrons. The number of carbonyl (C=O) groups is 1. The molecule has 5 rings (SSSR count). The minimum absolute atomic E-state index is 0.0461. The monoisotopic (exact) mass is 432 g/mol. The van der Waals surface area contributed by atoms with Gasteiger partial charge in [0.15, 0.2) is 0 Å². The maximum absolute atomic E-state index is 13.0. The number of methoxy groups -OCH3 is 1. The van der Waals surface area contributed by atoms with Crippen LogP contribution in [0, 0.1) is 11.3 Å². The maximum atomic E-state index is 13.0. The van der Waals surface area contributed by atoms with E-state index in [1.165, 1.54) is 5.56 Å². The smallest absolute Gasteiger partial charge is 0.223 e. The third-order valence-electron chi connectivity index (χ3n) is 7.03. The Labute approximate surface area is 188 Å². The molecule has 2 aliphatic heterocycles. The van der Waals surface area contributed by atoms with Crippen LogP contribution in [0.15, 0.2) is 36.7 Å². The average molecular weight is 433 g/mol. The van der Waals surface area contributed by atoms with Gasteiger partial charge in [-0.1, -0.05) is 0 Å². The van der Waals surface area contributed by atoms with E-state index in [2.05, 4.69) is 26.3 Å². The topological polar surface area (TPSA) is 94.4 Å². The van der Waals surface area contributed by atoms with Gasteiger partial charge in [-0.25, -0.2) is 9.97 Å². The van der Waals surface area contributed by atoms with E-state index in [-0.39, 0.29) is 11.4 Å². The largest absolute Gasteiger partial charge is 0.481 e. The number of hydrogen-bond acceptors (Lipinski definition) is 7. The highest BCUT2D eigenvalue weighted by Crippen LogP contribution is 2.46. The summed E-state index contributed by atoms with van der Waals surface area (Å²) in [5.74, 6) is 1.75. The Morgan fingerprint density at radius 2 is 2.03 bits per heavy atom. The number of fused-ring (bicyclic) bond motifs is 2. The number of anilines is 1. The molecule has 2 saturated heterocycles. The summed E-state index contributed by atoms with van der Waals surface area (Å²) in [4.78, 5) is 26.0. The van der Waals surface area contributed by atoms with Crippen molar-refractivity contribution in [2.24, 2.45) is 0 Å². The van der Waals surface area contributed by atoms with Crippen LogP contribution in [0.2, 0.25) is 0 Å². The van der Waals surface area contributed by atoms with Crippen molar-refractivity contribution in [1.29, 1.82) is 5.26 Å². The van der Waals surface area contributed by atoms with Crippen LogP contribution in [0.3, 0.4) is 0 Å². The van der Waals surface area contributed by atoms with Crippen LogP contribution in [-0.4, -0.2) is 59.6 Å². The van der Waals surface area contributed by atoms with E-state index < -0.39 is 0 Å². The van der Waals surface area contributed by atoms with E-state index in [4.69, 9.17) is 10.00 Å².